The molecule has 1 unspecified atom stereocenters. The number of anilines is 2. The molecular weight excluding hydrogens is 349 g/mol. The van der Waals surface area contributed by atoms with Gasteiger partial charge >= 0.3 is 5.97 Å². The number of nitrogens with one attached hydrogen (secondary N) is 1. The number of carboxylic acid groups (broad SMARTS) is 1. The Balaban J connectivity index is 2.76. The fraction of sp³-hybridized carbons (Fsp3) is 0.273. The molecule has 0 aromatic heterocycles. The second-order valence-corrected chi connectivity index (χ2v) is 5.01. The molecule has 1 atom stereocenters. The molecule has 1 amide bonds. The molecule has 6 N–H and O–H groups in total. The third kappa shape index (κ3) is 4.40. The maximum atomic E-state index is 11.2. The standard InChI is InChI=1S/C11H14IN3O3/c12-6-1-2-8(7(13)5-6)15-9(11(14)18)3-4-10(16)17/h1-2,5,9,15H,3-4,13H2,(H2,14,18)(H,16,17). The van der Waals surface area contributed by atoms with Gasteiger partial charge in [0.15, 0.2) is 0 Å². The lowest BCUT2D eigenvalue weighted by Crippen LogP contribution is -2.36. The summed E-state index contributed by atoms with van der Waals surface area (Å²) < 4.78 is 0.969. The molecule has 18 heavy (non-hydrogen) atoms. The number of primary amides is 1. The molecular formula is C11H14IN3O3. The zero-order valence-electron chi connectivity index (χ0n) is 9.52. The Morgan fingerprint density at radius 3 is 2.61 bits per heavy atom. The Morgan fingerprint density at radius 2 is 2.11 bits per heavy atom. The number of nitrogen functional groups attached to an aromatic ring is 1. The number of carboxylic acids is 1. The first-order valence-corrected chi connectivity index (χ1v) is 6.30. The van der Waals surface area contributed by atoms with Gasteiger partial charge < -0.3 is 21.9 Å². The molecule has 0 saturated heterocycles. The average Bonchev–Trinajstić information content (AvgIpc) is 2.26. The molecule has 0 aliphatic carbocycles. The lowest BCUT2D eigenvalue weighted by Gasteiger charge is -2.17. The van der Waals surface area contributed by atoms with Crippen LogP contribution in [0.15, 0.2) is 18.2 Å². The van der Waals surface area contributed by atoms with E-state index in [4.69, 9.17) is 16.6 Å². The number of hydrogen-bond acceptors (Lipinski definition) is 4. The van der Waals surface area contributed by atoms with Gasteiger partial charge in [0.25, 0.3) is 0 Å². The predicted octanol–water partition coefficient (Wildman–Crippen LogP) is 1.00. The van der Waals surface area contributed by atoms with Gasteiger partial charge in [-0.05, 0) is 47.2 Å². The van der Waals surface area contributed by atoms with Gasteiger partial charge in [-0.25, -0.2) is 0 Å². The van der Waals surface area contributed by atoms with Crippen molar-refractivity contribution in [1.29, 1.82) is 0 Å². The van der Waals surface area contributed by atoms with Crippen LogP contribution in [0.1, 0.15) is 12.8 Å². The van der Waals surface area contributed by atoms with Crippen LogP contribution in [0, 0.1) is 3.57 Å². The van der Waals surface area contributed by atoms with Crippen molar-refractivity contribution in [2.45, 2.75) is 18.9 Å². The van der Waals surface area contributed by atoms with Crippen molar-refractivity contribution < 1.29 is 14.7 Å². The van der Waals surface area contributed by atoms with Crippen LogP contribution in [-0.2, 0) is 9.59 Å². The van der Waals surface area contributed by atoms with Gasteiger partial charge in [0, 0.05) is 9.99 Å². The van der Waals surface area contributed by atoms with Crippen LogP contribution in [0.5, 0.6) is 0 Å². The Bertz CT molecular complexity index is 465. The van der Waals surface area contributed by atoms with Crippen molar-refractivity contribution in [1.82, 2.24) is 0 Å². The zero-order chi connectivity index (χ0) is 13.7. The fourth-order valence-corrected chi connectivity index (χ4v) is 1.92. The number of rotatable bonds is 6. The average molecular weight is 363 g/mol. The summed E-state index contributed by atoms with van der Waals surface area (Å²) in [7, 11) is 0. The van der Waals surface area contributed by atoms with Crippen LogP contribution in [0.3, 0.4) is 0 Å². The van der Waals surface area contributed by atoms with Crippen molar-refractivity contribution in [2.75, 3.05) is 11.1 Å². The third-order valence-electron chi connectivity index (χ3n) is 2.33. The number of amides is 1. The SMILES string of the molecule is NC(=O)C(CCC(=O)O)Nc1ccc(I)cc1N. The van der Waals surface area contributed by atoms with Gasteiger partial charge in [-0.2, -0.15) is 0 Å². The summed E-state index contributed by atoms with van der Waals surface area (Å²) in [5.74, 6) is -1.58. The summed E-state index contributed by atoms with van der Waals surface area (Å²) in [5, 5.41) is 11.5. The van der Waals surface area contributed by atoms with E-state index in [1.165, 1.54) is 0 Å². The number of carbonyl (C=O) groups excluding carboxylic acids is 1. The number of benzene rings is 1. The van der Waals surface area contributed by atoms with E-state index in [9.17, 15) is 9.59 Å². The van der Waals surface area contributed by atoms with E-state index in [2.05, 4.69) is 27.9 Å². The molecule has 7 heteroatoms. The molecule has 0 radical (unpaired) electrons. The molecule has 0 fully saturated rings. The minimum Gasteiger partial charge on any atom is -0.481 e. The molecule has 0 aliphatic heterocycles. The van der Waals surface area contributed by atoms with Gasteiger partial charge in [0.05, 0.1) is 11.4 Å². The van der Waals surface area contributed by atoms with Gasteiger partial charge in [0.2, 0.25) is 5.91 Å². The minimum absolute atomic E-state index is 0.121. The summed E-state index contributed by atoms with van der Waals surface area (Å²) in [6.45, 7) is 0. The van der Waals surface area contributed by atoms with Crippen molar-refractivity contribution in [3.63, 3.8) is 0 Å². The number of nitrogens with two attached hydrogens (primary N) is 2. The van der Waals surface area contributed by atoms with E-state index in [1.807, 2.05) is 6.07 Å². The van der Waals surface area contributed by atoms with Crippen molar-refractivity contribution in [3.05, 3.63) is 21.8 Å². The van der Waals surface area contributed by atoms with E-state index < -0.39 is 17.9 Å². The number of hydrogen-bond donors (Lipinski definition) is 4. The Labute approximate surface area is 118 Å². The summed E-state index contributed by atoms with van der Waals surface area (Å²) in [4.78, 5) is 21.7. The molecule has 1 rings (SSSR count). The minimum atomic E-state index is -0.973. The largest absolute Gasteiger partial charge is 0.481 e. The van der Waals surface area contributed by atoms with Gasteiger partial charge in [-0.1, -0.05) is 0 Å². The van der Waals surface area contributed by atoms with Crippen LogP contribution in [0.4, 0.5) is 11.4 Å². The van der Waals surface area contributed by atoms with Gasteiger partial charge in [-0.15, -0.1) is 0 Å². The number of carbonyl (C=O) groups is 2. The van der Waals surface area contributed by atoms with E-state index in [0.29, 0.717) is 11.4 Å². The van der Waals surface area contributed by atoms with Crippen LogP contribution in [0.2, 0.25) is 0 Å². The number of aliphatic carboxylic acids is 1. The maximum absolute atomic E-state index is 11.2. The van der Waals surface area contributed by atoms with Crippen LogP contribution < -0.4 is 16.8 Å². The summed E-state index contributed by atoms with van der Waals surface area (Å²) in [6.07, 6.45) is -0.0129. The highest BCUT2D eigenvalue weighted by Gasteiger charge is 2.17. The Hall–Kier alpha value is -1.51. The van der Waals surface area contributed by atoms with E-state index in [0.717, 1.165) is 3.57 Å². The first kappa shape index (κ1) is 14.6. The summed E-state index contributed by atoms with van der Waals surface area (Å²) in [5.41, 5.74) is 12.1. The van der Waals surface area contributed by atoms with Crippen LogP contribution in [-0.4, -0.2) is 23.0 Å². The maximum Gasteiger partial charge on any atom is 0.303 e. The van der Waals surface area contributed by atoms with Crippen molar-refractivity contribution in [3.8, 4) is 0 Å². The highest BCUT2D eigenvalue weighted by Crippen LogP contribution is 2.22. The first-order valence-electron chi connectivity index (χ1n) is 5.23. The second kappa shape index (κ2) is 6.43. The normalized spacial score (nSPS) is 11.8. The molecule has 0 saturated carbocycles. The lowest BCUT2D eigenvalue weighted by molar-refractivity contribution is -0.137. The quantitative estimate of drug-likeness (QED) is 0.444. The molecule has 1 aromatic rings. The molecule has 0 heterocycles. The zero-order valence-corrected chi connectivity index (χ0v) is 11.7. The highest BCUT2D eigenvalue weighted by atomic mass is 127. The van der Waals surface area contributed by atoms with Crippen molar-refractivity contribution >= 4 is 45.8 Å². The van der Waals surface area contributed by atoms with Crippen LogP contribution >= 0.6 is 22.6 Å². The lowest BCUT2D eigenvalue weighted by atomic mass is 10.1. The smallest absolute Gasteiger partial charge is 0.303 e. The number of halogens is 1. The van der Waals surface area contributed by atoms with Crippen LogP contribution in [0.25, 0.3) is 0 Å². The molecule has 0 bridgehead atoms. The molecule has 0 spiro atoms. The van der Waals surface area contributed by atoms with E-state index in [-0.39, 0.29) is 12.8 Å². The topological polar surface area (TPSA) is 118 Å². The van der Waals surface area contributed by atoms with Crippen molar-refractivity contribution in [2.24, 2.45) is 5.73 Å². The molecule has 98 valence electrons. The summed E-state index contributed by atoms with van der Waals surface area (Å²) in [6, 6.07) is 4.56. The highest BCUT2D eigenvalue weighted by molar-refractivity contribution is 14.1. The molecule has 0 aliphatic rings. The summed E-state index contributed by atoms with van der Waals surface area (Å²) >= 11 is 2.12. The predicted molar refractivity (Wildman–Crippen MR) is 77.0 cm³/mol. The Kier molecular flexibility index (Phi) is 5.20. The van der Waals surface area contributed by atoms with Gasteiger partial charge in [0.1, 0.15) is 6.04 Å². The van der Waals surface area contributed by atoms with E-state index in [1.54, 1.807) is 12.1 Å². The third-order valence-corrected chi connectivity index (χ3v) is 3.00. The van der Waals surface area contributed by atoms with E-state index >= 15 is 0 Å². The Morgan fingerprint density at radius 1 is 1.44 bits per heavy atom. The monoisotopic (exact) mass is 363 g/mol. The molecule has 6 nitrogen and oxygen atoms in total. The first-order chi connectivity index (χ1) is 8.40. The fourth-order valence-electron chi connectivity index (χ4n) is 1.41. The second-order valence-electron chi connectivity index (χ2n) is 3.76. The van der Waals surface area contributed by atoms with Gasteiger partial charge in [-0.3, -0.25) is 9.59 Å². The molecule has 1 aromatic carbocycles.